The summed E-state index contributed by atoms with van der Waals surface area (Å²) in [6.07, 6.45) is -0.146. The highest BCUT2D eigenvalue weighted by atomic mass is 16.7. The molecule has 1 fully saturated rings. The lowest BCUT2D eigenvalue weighted by molar-refractivity contribution is -0.253. The number of nitrogens with zero attached hydrogens (tertiary/aromatic N) is 1. The van der Waals surface area contributed by atoms with Gasteiger partial charge < -0.3 is 36.1 Å². The number of aliphatic hydroxyl groups is 2. The first-order valence-electron chi connectivity index (χ1n) is 19.2. The number of likely N-dealkylation sites (N-methyl/N-ethyl adjacent to an activating group) is 1. The van der Waals surface area contributed by atoms with E-state index in [1.807, 2.05) is 111 Å². The Hall–Kier alpha value is -5.36. The van der Waals surface area contributed by atoms with Gasteiger partial charge >= 0.3 is 0 Å². The lowest BCUT2D eigenvalue weighted by Gasteiger charge is -2.39. The second-order valence-electron chi connectivity index (χ2n) is 14.5. The van der Waals surface area contributed by atoms with E-state index in [1.54, 1.807) is 24.3 Å². The molecule has 1 aliphatic rings. The van der Waals surface area contributed by atoms with E-state index in [-0.39, 0.29) is 49.5 Å². The summed E-state index contributed by atoms with van der Waals surface area (Å²) in [5.74, 6) is -0.296. The van der Waals surface area contributed by atoms with E-state index in [4.69, 9.17) is 15.2 Å². The zero-order valence-electron chi connectivity index (χ0n) is 32.0. The number of aliphatic hydroxyl groups excluding tert-OH is 2. The van der Waals surface area contributed by atoms with Crippen LogP contribution in [-0.4, -0.2) is 52.7 Å². The van der Waals surface area contributed by atoms with Crippen molar-refractivity contribution in [3.8, 4) is 11.1 Å². The summed E-state index contributed by atoms with van der Waals surface area (Å²) in [7, 11) is 2.01. The summed E-state index contributed by atoms with van der Waals surface area (Å²) in [5.41, 5.74) is 13.6. The van der Waals surface area contributed by atoms with Gasteiger partial charge in [-0.05, 0) is 72.0 Å². The Bertz CT molecular complexity index is 2020. The van der Waals surface area contributed by atoms with Gasteiger partial charge in [0.05, 0.1) is 36.3 Å². The Labute approximate surface area is 329 Å². The first kappa shape index (κ1) is 40.3. The summed E-state index contributed by atoms with van der Waals surface area (Å²) in [6.45, 7) is 2.97. The van der Waals surface area contributed by atoms with Gasteiger partial charge in [-0.1, -0.05) is 109 Å². The lowest BCUT2D eigenvalue weighted by Crippen LogP contribution is -2.43. The highest BCUT2D eigenvalue weighted by Gasteiger charge is 2.34. The second-order valence-corrected chi connectivity index (χ2v) is 14.5. The van der Waals surface area contributed by atoms with Gasteiger partial charge in [0.25, 0.3) is 0 Å². The van der Waals surface area contributed by atoms with E-state index >= 15 is 0 Å². The topological polar surface area (TPSA) is 146 Å². The minimum atomic E-state index is -0.646. The zero-order chi connectivity index (χ0) is 39.4. The van der Waals surface area contributed by atoms with Crippen LogP contribution in [-0.2, 0) is 32.2 Å². The fraction of sp³-hybridized carbons (Fsp3) is 0.304. The van der Waals surface area contributed by atoms with Crippen molar-refractivity contribution in [3.63, 3.8) is 0 Å². The summed E-state index contributed by atoms with van der Waals surface area (Å²) in [5, 5.41) is 26.5. The van der Waals surface area contributed by atoms with Crippen LogP contribution in [0.2, 0.25) is 0 Å². The third-order valence-corrected chi connectivity index (χ3v) is 10.4. The van der Waals surface area contributed by atoms with Crippen LogP contribution in [0, 0.1) is 0 Å². The molecule has 10 heteroatoms. The van der Waals surface area contributed by atoms with Gasteiger partial charge in [-0.3, -0.25) is 14.5 Å². The number of para-hydroxylation sites is 2. The molecule has 6 N–H and O–H groups in total. The van der Waals surface area contributed by atoms with Crippen LogP contribution in [0.15, 0.2) is 127 Å². The van der Waals surface area contributed by atoms with Gasteiger partial charge in [0, 0.05) is 44.0 Å². The van der Waals surface area contributed by atoms with E-state index in [0.29, 0.717) is 37.3 Å². The largest absolute Gasteiger partial charge is 0.397 e. The summed E-state index contributed by atoms with van der Waals surface area (Å²) >= 11 is 0. The minimum Gasteiger partial charge on any atom is -0.397 e. The molecule has 0 spiro atoms. The normalized spacial score (nSPS) is 17.9. The highest BCUT2D eigenvalue weighted by molar-refractivity contribution is 5.94. The predicted octanol–water partition coefficient (Wildman–Crippen LogP) is 7.45. The van der Waals surface area contributed by atoms with Crippen molar-refractivity contribution in [2.75, 3.05) is 24.6 Å². The molecule has 1 heterocycles. The number of anilines is 2. The summed E-state index contributed by atoms with van der Waals surface area (Å²) in [6, 6.07) is 40.7. The molecular weight excluding hydrogens is 705 g/mol. The molecule has 5 aromatic rings. The quantitative estimate of drug-likeness (QED) is 0.0653. The minimum absolute atomic E-state index is 0.0233. The Balaban J connectivity index is 1.06. The number of hydrogen-bond donors (Lipinski definition) is 5. The van der Waals surface area contributed by atoms with E-state index in [9.17, 15) is 19.8 Å². The highest BCUT2D eigenvalue weighted by Crippen LogP contribution is 2.39. The smallest absolute Gasteiger partial charge is 0.224 e. The van der Waals surface area contributed by atoms with Crippen molar-refractivity contribution in [1.82, 2.24) is 10.2 Å². The fourth-order valence-corrected chi connectivity index (χ4v) is 6.91. The number of nitrogens with one attached hydrogen (secondary N) is 2. The lowest BCUT2D eigenvalue weighted by atomic mass is 9.98. The maximum Gasteiger partial charge on any atom is 0.224 e. The predicted molar refractivity (Wildman–Crippen MR) is 219 cm³/mol. The summed E-state index contributed by atoms with van der Waals surface area (Å²) < 4.78 is 13.2. The monoisotopic (exact) mass is 756 g/mol. The molecule has 0 bridgehead atoms. The Morgan fingerprint density at radius 2 is 1.50 bits per heavy atom. The molecule has 0 aromatic heterocycles. The number of ether oxygens (including phenoxy) is 2. The Morgan fingerprint density at radius 3 is 2.23 bits per heavy atom. The standard InChI is InChI=1S/C46H52N4O6/c1-31(45(54)36-11-4-3-5-12-36)50(2)29-39-27-42(35-20-18-32(30-51)19-21-35)56-46(55-39)37-24-22-34(23-25-37)38-13-8-10-33(26-38)28-48-43(52)16-9-17-44(53)49-41-15-7-6-14-40(41)47/h3-8,10-15,18-26,31,39,42,45-46,51,54H,9,16-17,27-30,47H2,1-2H3,(H,48,52)(H,49,53). The average molecular weight is 757 g/mol. The summed E-state index contributed by atoms with van der Waals surface area (Å²) in [4.78, 5) is 27.0. The third-order valence-electron chi connectivity index (χ3n) is 10.4. The molecular formula is C46H52N4O6. The van der Waals surface area contributed by atoms with Gasteiger partial charge in [-0.15, -0.1) is 0 Å². The molecule has 5 aromatic carbocycles. The van der Waals surface area contributed by atoms with Crippen molar-refractivity contribution >= 4 is 23.2 Å². The molecule has 5 atom stereocenters. The molecule has 0 saturated carbocycles. The Kier molecular flexibility index (Phi) is 14.0. The van der Waals surface area contributed by atoms with E-state index < -0.39 is 12.4 Å². The van der Waals surface area contributed by atoms with Crippen molar-refractivity contribution in [1.29, 1.82) is 0 Å². The maximum atomic E-state index is 12.6. The second kappa shape index (κ2) is 19.5. The van der Waals surface area contributed by atoms with Gasteiger partial charge in [0.2, 0.25) is 11.8 Å². The molecule has 56 heavy (non-hydrogen) atoms. The average Bonchev–Trinajstić information content (AvgIpc) is 3.23. The number of amides is 2. The molecule has 0 radical (unpaired) electrons. The van der Waals surface area contributed by atoms with Gasteiger partial charge in [-0.25, -0.2) is 0 Å². The van der Waals surface area contributed by atoms with Crippen LogP contribution in [0.25, 0.3) is 11.1 Å². The SMILES string of the molecule is CC(C(O)c1ccccc1)N(C)CC1CC(c2ccc(CO)cc2)OC(c2ccc(-c3cccc(CNC(=O)CCCC(=O)Nc4ccccc4N)c3)cc2)O1. The number of benzene rings is 5. The van der Waals surface area contributed by atoms with Crippen LogP contribution in [0.3, 0.4) is 0 Å². The van der Waals surface area contributed by atoms with Crippen molar-refractivity contribution in [3.05, 3.63) is 155 Å². The third kappa shape index (κ3) is 10.9. The van der Waals surface area contributed by atoms with E-state index in [2.05, 4.69) is 21.6 Å². The van der Waals surface area contributed by atoms with E-state index in [1.165, 1.54) is 0 Å². The van der Waals surface area contributed by atoms with Crippen LogP contribution in [0.1, 0.15) is 78.9 Å². The number of carbonyl (C=O) groups excluding carboxylic acids is 2. The van der Waals surface area contributed by atoms with Crippen LogP contribution in [0.4, 0.5) is 11.4 Å². The van der Waals surface area contributed by atoms with Gasteiger partial charge in [0.1, 0.15) is 0 Å². The number of carbonyl (C=O) groups is 2. The Morgan fingerprint density at radius 1 is 0.804 bits per heavy atom. The zero-order valence-corrected chi connectivity index (χ0v) is 32.0. The molecule has 0 aliphatic carbocycles. The molecule has 292 valence electrons. The van der Waals surface area contributed by atoms with E-state index in [0.717, 1.165) is 38.9 Å². The molecule has 1 saturated heterocycles. The molecule has 10 nitrogen and oxygen atoms in total. The molecule has 2 amide bonds. The maximum absolute atomic E-state index is 12.6. The number of hydrogen-bond acceptors (Lipinski definition) is 8. The molecule has 5 unspecified atom stereocenters. The molecule has 6 rings (SSSR count). The van der Waals surface area contributed by atoms with Crippen LogP contribution < -0.4 is 16.4 Å². The van der Waals surface area contributed by atoms with Gasteiger partial charge in [-0.2, -0.15) is 0 Å². The molecule has 1 aliphatic heterocycles. The fourth-order valence-electron chi connectivity index (χ4n) is 6.91. The van der Waals surface area contributed by atoms with Crippen molar-refractivity contribution in [2.45, 2.75) is 76.4 Å². The number of nitrogen functional groups attached to an aromatic ring is 1. The van der Waals surface area contributed by atoms with Crippen molar-refractivity contribution in [2.24, 2.45) is 0 Å². The van der Waals surface area contributed by atoms with Crippen molar-refractivity contribution < 1.29 is 29.3 Å². The first-order valence-corrected chi connectivity index (χ1v) is 19.2. The van der Waals surface area contributed by atoms with Crippen LogP contribution >= 0.6 is 0 Å². The number of nitrogens with two attached hydrogens (primary N) is 1. The first-order chi connectivity index (χ1) is 27.2. The van der Waals surface area contributed by atoms with Gasteiger partial charge in [0.15, 0.2) is 6.29 Å². The van der Waals surface area contributed by atoms with Crippen LogP contribution in [0.5, 0.6) is 0 Å². The number of rotatable bonds is 16.